The van der Waals surface area contributed by atoms with Crippen LogP contribution in [0.1, 0.15) is 37.6 Å². The van der Waals surface area contributed by atoms with Crippen LogP contribution in [-0.4, -0.2) is 39.9 Å². The number of imidazole rings is 1. The summed E-state index contributed by atoms with van der Waals surface area (Å²) in [5, 5.41) is 3.25. The lowest BCUT2D eigenvalue weighted by Crippen LogP contribution is -2.46. The van der Waals surface area contributed by atoms with Crippen LogP contribution >= 0.6 is 0 Å². The molecule has 2 heterocycles. The van der Waals surface area contributed by atoms with E-state index >= 15 is 0 Å². The zero-order valence-corrected chi connectivity index (χ0v) is 11.2. The van der Waals surface area contributed by atoms with E-state index in [1.54, 1.807) is 6.33 Å². The number of carbonyl (C=O) groups is 1. The lowest BCUT2D eigenvalue weighted by molar-refractivity contribution is -0.133. The molecule has 1 saturated heterocycles. The fourth-order valence-electron chi connectivity index (χ4n) is 2.29. The molecule has 2 rings (SSSR count). The first-order valence-electron chi connectivity index (χ1n) is 6.69. The van der Waals surface area contributed by atoms with Gasteiger partial charge in [-0.1, -0.05) is 0 Å². The van der Waals surface area contributed by atoms with E-state index < -0.39 is 0 Å². The van der Waals surface area contributed by atoms with E-state index in [-0.39, 0.29) is 11.9 Å². The first kappa shape index (κ1) is 13.1. The third-order valence-corrected chi connectivity index (χ3v) is 3.55. The maximum absolute atomic E-state index is 12.2. The molecule has 0 saturated carbocycles. The van der Waals surface area contributed by atoms with E-state index in [0.29, 0.717) is 6.54 Å². The van der Waals surface area contributed by atoms with Crippen molar-refractivity contribution in [2.24, 2.45) is 0 Å². The van der Waals surface area contributed by atoms with Gasteiger partial charge in [-0.25, -0.2) is 4.98 Å². The third kappa shape index (κ3) is 3.10. The number of nitrogens with one attached hydrogen (secondary N) is 2. The number of nitrogens with zero attached hydrogens (tertiary/aromatic N) is 2. The molecule has 2 N–H and O–H groups in total. The van der Waals surface area contributed by atoms with Crippen molar-refractivity contribution in [3.63, 3.8) is 0 Å². The van der Waals surface area contributed by atoms with Crippen LogP contribution in [0.3, 0.4) is 0 Å². The molecule has 0 aliphatic carbocycles. The number of aryl methyl sites for hydroxylation is 1. The molecular weight excluding hydrogens is 228 g/mol. The van der Waals surface area contributed by atoms with Gasteiger partial charge >= 0.3 is 0 Å². The summed E-state index contributed by atoms with van der Waals surface area (Å²) < 4.78 is 0. The summed E-state index contributed by atoms with van der Waals surface area (Å²) in [6.07, 6.45) is 5.20. The van der Waals surface area contributed by atoms with E-state index in [2.05, 4.69) is 15.3 Å². The Morgan fingerprint density at radius 1 is 1.50 bits per heavy atom. The van der Waals surface area contributed by atoms with Crippen molar-refractivity contribution in [3.8, 4) is 0 Å². The molecule has 5 heteroatoms. The Morgan fingerprint density at radius 3 is 2.83 bits per heavy atom. The van der Waals surface area contributed by atoms with Gasteiger partial charge in [0.15, 0.2) is 0 Å². The number of piperidine rings is 1. The average Bonchev–Trinajstić information content (AvgIpc) is 2.81. The van der Waals surface area contributed by atoms with Gasteiger partial charge in [0.25, 0.3) is 0 Å². The van der Waals surface area contributed by atoms with E-state index in [0.717, 1.165) is 37.3 Å². The molecule has 1 aromatic heterocycles. The number of H-pyrrole nitrogens is 1. The number of hydrogen-bond donors (Lipinski definition) is 2. The molecule has 1 aliphatic rings. The zero-order chi connectivity index (χ0) is 13.0. The lowest BCUT2D eigenvalue weighted by atomic mass is 10.1. The highest BCUT2D eigenvalue weighted by molar-refractivity contribution is 5.81. The molecule has 1 aliphatic heterocycles. The lowest BCUT2D eigenvalue weighted by Gasteiger charge is -2.29. The van der Waals surface area contributed by atoms with Crippen LogP contribution in [0.5, 0.6) is 0 Å². The van der Waals surface area contributed by atoms with Crippen molar-refractivity contribution >= 4 is 5.91 Å². The molecule has 0 aromatic carbocycles. The summed E-state index contributed by atoms with van der Waals surface area (Å²) in [6.45, 7) is 6.37. The van der Waals surface area contributed by atoms with Crippen LogP contribution in [0.25, 0.3) is 0 Å². The first-order chi connectivity index (χ1) is 8.68. The van der Waals surface area contributed by atoms with Gasteiger partial charge in [-0.3, -0.25) is 4.79 Å². The van der Waals surface area contributed by atoms with Gasteiger partial charge in [-0.2, -0.15) is 0 Å². The number of aromatic amines is 1. The van der Waals surface area contributed by atoms with Gasteiger partial charge < -0.3 is 15.2 Å². The Kier molecular flexibility index (Phi) is 4.36. The second kappa shape index (κ2) is 6.00. The minimum absolute atomic E-state index is 0.140. The average molecular weight is 250 g/mol. The van der Waals surface area contributed by atoms with Gasteiger partial charge in [0, 0.05) is 25.3 Å². The van der Waals surface area contributed by atoms with Gasteiger partial charge in [0.2, 0.25) is 5.91 Å². The Balaban J connectivity index is 1.82. The highest BCUT2D eigenvalue weighted by Crippen LogP contribution is 2.10. The van der Waals surface area contributed by atoms with Gasteiger partial charge in [-0.05, 0) is 33.1 Å². The molecule has 1 fully saturated rings. The molecule has 0 spiro atoms. The quantitative estimate of drug-likeness (QED) is 0.844. The summed E-state index contributed by atoms with van der Waals surface area (Å²) in [6, 6.07) is -0.140. The molecular formula is C13H22N4O. The van der Waals surface area contributed by atoms with Crippen molar-refractivity contribution in [2.75, 3.05) is 13.1 Å². The van der Waals surface area contributed by atoms with Crippen LogP contribution < -0.4 is 5.32 Å². The Bertz CT molecular complexity index is 395. The number of aromatic nitrogens is 2. The van der Waals surface area contributed by atoms with Crippen molar-refractivity contribution in [3.05, 3.63) is 17.7 Å². The molecule has 0 bridgehead atoms. The van der Waals surface area contributed by atoms with E-state index in [1.807, 2.05) is 18.7 Å². The molecule has 1 aromatic rings. The Hall–Kier alpha value is -1.36. The van der Waals surface area contributed by atoms with Crippen molar-refractivity contribution < 1.29 is 4.79 Å². The van der Waals surface area contributed by atoms with Crippen LogP contribution in [0.15, 0.2) is 6.33 Å². The number of rotatable bonds is 4. The second-order valence-corrected chi connectivity index (χ2v) is 4.96. The number of likely N-dealkylation sites (tertiary alicyclic amines) is 1. The smallest absolute Gasteiger partial charge is 0.239 e. The Labute approximate surface area is 108 Å². The summed E-state index contributed by atoms with van der Waals surface area (Å²) in [5.74, 6) is 0.211. The van der Waals surface area contributed by atoms with Crippen LogP contribution in [0, 0.1) is 6.92 Å². The zero-order valence-electron chi connectivity index (χ0n) is 11.2. The van der Waals surface area contributed by atoms with Crippen LogP contribution in [0.4, 0.5) is 0 Å². The summed E-state index contributed by atoms with van der Waals surface area (Å²) in [5.41, 5.74) is 2.04. The van der Waals surface area contributed by atoms with E-state index in [4.69, 9.17) is 0 Å². The summed E-state index contributed by atoms with van der Waals surface area (Å²) >= 11 is 0. The van der Waals surface area contributed by atoms with E-state index in [9.17, 15) is 4.79 Å². The number of amides is 1. The normalized spacial score (nSPS) is 17.8. The van der Waals surface area contributed by atoms with Crippen molar-refractivity contribution in [1.82, 2.24) is 20.2 Å². The highest BCUT2D eigenvalue weighted by atomic mass is 16.2. The largest absolute Gasteiger partial charge is 0.348 e. The van der Waals surface area contributed by atoms with Gasteiger partial charge in [0.05, 0.1) is 18.1 Å². The highest BCUT2D eigenvalue weighted by Gasteiger charge is 2.21. The third-order valence-electron chi connectivity index (χ3n) is 3.55. The standard InChI is InChI=1S/C13H22N4O/c1-10-12(16-9-15-10)8-14-11(2)13(18)17-6-4-3-5-7-17/h9,11,14H,3-8H2,1-2H3,(H,15,16). The van der Waals surface area contributed by atoms with Crippen LogP contribution in [0.2, 0.25) is 0 Å². The molecule has 1 atom stereocenters. The predicted octanol–water partition coefficient (Wildman–Crippen LogP) is 1.21. The minimum atomic E-state index is -0.140. The van der Waals surface area contributed by atoms with Crippen molar-refractivity contribution in [1.29, 1.82) is 0 Å². The number of hydrogen-bond acceptors (Lipinski definition) is 3. The molecule has 1 unspecified atom stereocenters. The topological polar surface area (TPSA) is 61.0 Å². The maximum atomic E-state index is 12.2. The predicted molar refractivity (Wildman–Crippen MR) is 70.1 cm³/mol. The van der Waals surface area contributed by atoms with E-state index in [1.165, 1.54) is 6.42 Å². The monoisotopic (exact) mass is 250 g/mol. The van der Waals surface area contributed by atoms with Gasteiger partial charge in [0.1, 0.15) is 0 Å². The summed E-state index contributed by atoms with van der Waals surface area (Å²) in [4.78, 5) is 21.4. The SMILES string of the molecule is Cc1[nH]cnc1CNC(C)C(=O)N1CCCCC1. The van der Waals surface area contributed by atoms with Crippen molar-refractivity contribution in [2.45, 2.75) is 45.7 Å². The fourth-order valence-corrected chi connectivity index (χ4v) is 2.29. The molecule has 1 amide bonds. The molecule has 18 heavy (non-hydrogen) atoms. The van der Waals surface area contributed by atoms with Crippen LogP contribution in [-0.2, 0) is 11.3 Å². The number of carbonyl (C=O) groups excluding carboxylic acids is 1. The molecule has 5 nitrogen and oxygen atoms in total. The summed E-state index contributed by atoms with van der Waals surface area (Å²) in [7, 11) is 0. The maximum Gasteiger partial charge on any atom is 0.239 e. The molecule has 0 radical (unpaired) electrons. The molecule has 100 valence electrons. The van der Waals surface area contributed by atoms with Gasteiger partial charge in [-0.15, -0.1) is 0 Å². The first-order valence-corrected chi connectivity index (χ1v) is 6.69. The fraction of sp³-hybridized carbons (Fsp3) is 0.692. The Morgan fingerprint density at radius 2 is 2.22 bits per heavy atom. The second-order valence-electron chi connectivity index (χ2n) is 4.96. The minimum Gasteiger partial charge on any atom is -0.348 e.